The highest BCUT2D eigenvalue weighted by Crippen LogP contribution is 2.14. The Hall–Kier alpha value is -2.05. The van der Waals surface area contributed by atoms with E-state index in [1.807, 2.05) is 12.3 Å². The van der Waals surface area contributed by atoms with Crippen molar-refractivity contribution in [2.75, 3.05) is 26.4 Å². The van der Waals surface area contributed by atoms with Crippen molar-refractivity contribution in [3.05, 3.63) is 48.5 Å². The molecule has 6 heteroatoms. The van der Waals surface area contributed by atoms with Crippen LogP contribution in [0.2, 0.25) is 0 Å². The number of pyridine rings is 1. The summed E-state index contributed by atoms with van der Waals surface area (Å²) < 4.78 is 17.8. The lowest BCUT2D eigenvalue weighted by molar-refractivity contribution is -0.0112. The van der Waals surface area contributed by atoms with E-state index in [2.05, 4.69) is 27.9 Å². The zero-order valence-corrected chi connectivity index (χ0v) is 24.7. The molecule has 39 heavy (non-hydrogen) atoms. The third kappa shape index (κ3) is 19.6. The van der Waals surface area contributed by atoms with Gasteiger partial charge in [0, 0.05) is 38.0 Å². The normalized spacial score (nSPS) is 12.0. The van der Waals surface area contributed by atoms with Gasteiger partial charge in [-0.3, -0.25) is 4.98 Å². The third-order valence-corrected chi connectivity index (χ3v) is 7.04. The molecule has 6 nitrogen and oxygen atoms in total. The first-order chi connectivity index (χ1) is 19.4. The van der Waals surface area contributed by atoms with Crippen molar-refractivity contribution in [1.82, 2.24) is 15.0 Å². The molecular weight excluding hydrogens is 486 g/mol. The smallest absolute Gasteiger partial charge is 0.316 e. The van der Waals surface area contributed by atoms with Crippen LogP contribution < -0.4 is 4.74 Å². The summed E-state index contributed by atoms with van der Waals surface area (Å²) in [5.74, 6) is 0. The van der Waals surface area contributed by atoms with E-state index < -0.39 is 0 Å². The molecule has 0 aliphatic carbocycles. The summed E-state index contributed by atoms with van der Waals surface area (Å²) in [4.78, 5) is 12.5. The Morgan fingerprint density at radius 3 is 1.69 bits per heavy atom. The van der Waals surface area contributed by atoms with Gasteiger partial charge in [0.15, 0.2) is 0 Å². The Balaban J connectivity index is 1.43. The Morgan fingerprint density at radius 2 is 1.15 bits per heavy atom. The molecule has 0 aromatic carbocycles. The van der Waals surface area contributed by atoms with Crippen LogP contribution in [-0.4, -0.2) is 47.5 Å². The highest BCUT2D eigenvalue weighted by atomic mass is 16.6. The molecule has 0 aliphatic rings. The van der Waals surface area contributed by atoms with Gasteiger partial charge in [0.25, 0.3) is 0 Å². The molecule has 0 N–H and O–H groups in total. The van der Waals surface area contributed by atoms with Crippen LogP contribution in [0.4, 0.5) is 0 Å². The van der Waals surface area contributed by atoms with E-state index >= 15 is 0 Å². The zero-order chi connectivity index (χ0) is 27.5. The van der Waals surface area contributed by atoms with Crippen molar-refractivity contribution >= 4 is 0 Å². The summed E-state index contributed by atoms with van der Waals surface area (Å²) in [6.07, 6.45) is 30.8. The molecule has 0 saturated carbocycles. The van der Waals surface area contributed by atoms with Crippen LogP contribution in [0.15, 0.2) is 43.0 Å². The lowest BCUT2D eigenvalue weighted by atomic mass is 10.0. The molecule has 0 radical (unpaired) electrons. The topological polar surface area (TPSA) is 66.4 Å². The maximum Gasteiger partial charge on any atom is 0.316 e. The highest BCUT2D eigenvalue weighted by Gasteiger charge is 2.13. The third-order valence-electron chi connectivity index (χ3n) is 7.04. The van der Waals surface area contributed by atoms with E-state index in [1.165, 1.54) is 102 Å². The minimum Gasteiger partial charge on any atom is -0.455 e. The van der Waals surface area contributed by atoms with Gasteiger partial charge in [0.05, 0.1) is 13.2 Å². The summed E-state index contributed by atoms with van der Waals surface area (Å²) in [6, 6.07) is 6.21. The molecule has 2 aromatic heterocycles. The molecule has 2 aromatic rings. The summed E-state index contributed by atoms with van der Waals surface area (Å²) >= 11 is 0. The number of unbranched alkanes of at least 4 members (excludes halogenated alkanes) is 15. The lowest BCUT2D eigenvalue weighted by Gasteiger charge is -2.18. The second-order valence-corrected chi connectivity index (χ2v) is 10.7. The first-order valence-corrected chi connectivity index (χ1v) is 15.9. The van der Waals surface area contributed by atoms with Crippen molar-refractivity contribution in [2.24, 2.45) is 0 Å². The van der Waals surface area contributed by atoms with Gasteiger partial charge in [-0.2, -0.15) is 0 Å². The molecule has 1 unspecified atom stereocenters. The zero-order valence-electron chi connectivity index (χ0n) is 24.7. The second kappa shape index (κ2) is 25.0. The largest absolute Gasteiger partial charge is 0.455 e. The monoisotopic (exact) mass is 541 g/mol. The van der Waals surface area contributed by atoms with Gasteiger partial charge in [0.2, 0.25) is 0 Å². The van der Waals surface area contributed by atoms with Gasteiger partial charge >= 0.3 is 6.01 Å². The molecule has 0 bridgehead atoms. The van der Waals surface area contributed by atoms with Gasteiger partial charge in [-0.1, -0.05) is 109 Å². The van der Waals surface area contributed by atoms with E-state index in [9.17, 15) is 0 Å². The maximum absolute atomic E-state index is 5.94. The first kappa shape index (κ1) is 33.2. The minimum atomic E-state index is -0.216. The molecule has 2 rings (SSSR count). The van der Waals surface area contributed by atoms with E-state index in [4.69, 9.17) is 14.2 Å². The minimum absolute atomic E-state index is 0.216. The van der Waals surface area contributed by atoms with E-state index in [0.717, 1.165) is 25.9 Å². The van der Waals surface area contributed by atoms with E-state index in [-0.39, 0.29) is 6.10 Å². The van der Waals surface area contributed by atoms with Crippen molar-refractivity contribution < 1.29 is 14.2 Å². The van der Waals surface area contributed by atoms with Gasteiger partial charge < -0.3 is 14.2 Å². The predicted octanol–water partition coefficient (Wildman–Crippen LogP) is 8.55. The molecule has 0 saturated heterocycles. The summed E-state index contributed by atoms with van der Waals surface area (Å²) in [7, 11) is 0. The first-order valence-electron chi connectivity index (χ1n) is 15.9. The van der Waals surface area contributed by atoms with Crippen LogP contribution in [0, 0.1) is 0 Å². The summed E-state index contributed by atoms with van der Waals surface area (Å²) in [5.41, 5.74) is 1.23. The molecule has 0 fully saturated rings. The molecular formula is C33H55N3O3. The fraction of sp³-hybridized carbons (Fsp3) is 0.727. The Bertz CT molecular complexity index is 763. The number of nitrogens with zero attached hydrogens (tertiary/aromatic N) is 3. The van der Waals surface area contributed by atoms with Crippen molar-refractivity contribution in [1.29, 1.82) is 0 Å². The molecule has 0 aliphatic heterocycles. The number of aromatic nitrogens is 3. The maximum atomic E-state index is 5.94. The second-order valence-electron chi connectivity index (χ2n) is 10.7. The van der Waals surface area contributed by atoms with Gasteiger partial charge in [0.1, 0.15) is 6.10 Å². The fourth-order valence-corrected chi connectivity index (χ4v) is 4.72. The van der Waals surface area contributed by atoms with Crippen LogP contribution in [-0.2, 0) is 15.9 Å². The Kier molecular flexibility index (Phi) is 21.2. The van der Waals surface area contributed by atoms with Crippen LogP contribution in [0.25, 0.3) is 0 Å². The molecule has 220 valence electrons. The summed E-state index contributed by atoms with van der Waals surface area (Å²) in [6.45, 7) is 4.67. The van der Waals surface area contributed by atoms with Gasteiger partial charge in [-0.15, -0.1) is 0 Å². The van der Waals surface area contributed by atoms with Gasteiger partial charge in [-0.05, 0) is 37.0 Å². The Labute approximate surface area is 238 Å². The van der Waals surface area contributed by atoms with E-state index in [1.54, 1.807) is 24.7 Å². The molecule has 2 heterocycles. The summed E-state index contributed by atoms with van der Waals surface area (Å²) in [5, 5.41) is 0. The predicted molar refractivity (Wildman–Crippen MR) is 160 cm³/mol. The van der Waals surface area contributed by atoms with Crippen molar-refractivity contribution in [3.8, 4) is 6.01 Å². The standard InChI is InChI=1S/C33H55N3O3/c1-2-3-4-5-6-7-8-9-10-11-12-13-14-15-16-17-26-37-29-32(39-33-35-24-20-25-36-33)30-38-27-19-22-31-21-18-23-34-28-31/h18,20-21,23-25,28,32H,2-17,19,22,26-27,29-30H2,1H3. The quantitative estimate of drug-likeness (QED) is 0.106. The molecule has 0 amide bonds. The van der Waals surface area contributed by atoms with Crippen molar-refractivity contribution in [3.63, 3.8) is 0 Å². The van der Waals surface area contributed by atoms with Crippen LogP contribution >= 0.6 is 0 Å². The number of hydrogen-bond acceptors (Lipinski definition) is 6. The highest BCUT2D eigenvalue weighted by molar-refractivity contribution is 5.08. The molecule has 1 atom stereocenters. The number of rotatable bonds is 27. The Morgan fingerprint density at radius 1 is 0.615 bits per heavy atom. The van der Waals surface area contributed by atoms with Crippen LogP contribution in [0.3, 0.4) is 0 Å². The van der Waals surface area contributed by atoms with Crippen LogP contribution in [0.5, 0.6) is 6.01 Å². The van der Waals surface area contributed by atoms with E-state index in [0.29, 0.717) is 25.8 Å². The number of ether oxygens (including phenoxy) is 3. The van der Waals surface area contributed by atoms with Crippen molar-refractivity contribution in [2.45, 2.75) is 129 Å². The number of aryl methyl sites for hydroxylation is 1. The lowest BCUT2D eigenvalue weighted by Crippen LogP contribution is -2.30. The average Bonchev–Trinajstić information content (AvgIpc) is 2.97. The average molecular weight is 542 g/mol. The fourth-order valence-electron chi connectivity index (χ4n) is 4.72. The van der Waals surface area contributed by atoms with Gasteiger partial charge in [-0.25, -0.2) is 9.97 Å². The SMILES string of the molecule is CCCCCCCCCCCCCCCCCCOCC(COCCCc1cccnc1)Oc1ncccn1. The number of hydrogen-bond donors (Lipinski definition) is 0. The molecule has 0 spiro atoms. The van der Waals surface area contributed by atoms with Crippen LogP contribution in [0.1, 0.15) is 122 Å².